The summed E-state index contributed by atoms with van der Waals surface area (Å²) in [4.78, 5) is 48.7. The number of benzene rings is 1. The summed E-state index contributed by atoms with van der Waals surface area (Å²) in [5.41, 5.74) is 0.502. The van der Waals surface area contributed by atoms with Gasteiger partial charge in [-0.05, 0) is 38.5 Å². The highest BCUT2D eigenvalue weighted by atomic mass is 16.6. The molecule has 1 N–H and O–H groups in total. The fourth-order valence-corrected chi connectivity index (χ4v) is 2.34. The summed E-state index contributed by atoms with van der Waals surface area (Å²) in [6.45, 7) is 9.99. The van der Waals surface area contributed by atoms with Gasteiger partial charge in [-0.3, -0.25) is 14.4 Å². The Morgan fingerprint density at radius 3 is 2.29 bits per heavy atom. The molecule has 0 aliphatic rings. The molecule has 0 radical (unpaired) electrons. The van der Waals surface area contributed by atoms with Gasteiger partial charge in [-0.1, -0.05) is 24.8 Å². The molecule has 31 heavy (non-hydrogen) atoms. The minimum absolute atomic E-state index is 0.0313. The highest BCUT2D eigenvalue weighted by Crippen LogP contribution is 2.10. The van der Waals surface area contributed by atoms with Gasteiger partial charge in [0, 0.05) is 19.0 Å². The summed E-state index contributed by atoms with van der Waals surface area (Å²) in [5.74, 6) is -1.51. The Bertz CT molecular complexity index is 782. The van der Waals surface area contributed by atoms with E-state index >= 15 is 0 Å². The molecule has 0 saturated heterocycles. The SMILES string of the molecule is C=CCOC(=O)CN(CCOC(C)=O)C(=O)c1ccc(CNC(=O)OC(C)(C)C)cc1. The number of nitrogens with one attached hydrogen (secondary N) is 1. The molecule has 0 bridgehead atoms. The number of esters is 2. The quantitative estimate of drug-likeness (QED) is 0.342. The van der Waals surface area contributed by atoms with Crippen molar-refractivity contribution >= 4 is 23.9 Å². The van der Waals surface area contributed by atoms with Crippen LogP contribution in [0.3, 0.4) is 0 Å². The van der Waals surface area contributed by atoms with Crippen LogP contribution in [0.25, 0.3) is 0 Å². The number of amides is 2. The lowest BCUT2D eigenvalue weighted by Crippen LogP contribution is -2.39. The number of hydrogen-bond acceptors (Lipinski definition) is 7. The first kappa shape index (κ1) is 25.7. The molecule has 0 aliphatic carbocycles. The van der Waals surface area contributed by atoms with Crippen molar-refractivity contribution in [3.63, 3.8) is 0 Å². The second kappa shape index (κ2) is 12.4. The fraction of sp³-hybridized carbons (Fsp3) is 0.455. The van der Waals surface area contributed by atoms with Gasteiger partial charge < -0.3 is 24.4 Å². The van der Waals surface area contributed by atoms with E-state index in [0.717, 1.165) is 5.56 Å². The van der Waals surface area contributed by atoms with Crippen molar-refractivity contribution in [3.05, 3.63) is 48.0 Å². The predicted molar refractivity (Wildman–Crippen MR) is 113 cm³/mol. The summed E-state index contributed by atoms with van der Waals surface area (Å²) in [7, 11) is 0. The molecule has 9 nitrogen and oxygen atoms in total. The van der Waals surface area contributed by atoms with Crippen LogP contribution in [0.15, 0.2) is 36.9 Å². The Hall–Kier alpha value is -3.36. The van der Waals surface area contributed by atoms with Crippen LogP contribution in [-0.2, 0) is 30.3 Å². The molecule has 0 atom stereocenters. The molecule has 0 unspecified atom stereocenters. The molecule has 1 aromatic carbocycles. The molecular formula is C22H30N2O7. The number of rotatable bonds is 10. The number of alkyl carbamates (subject to hydrolysis) is 1. The van der Waals surface area contributed by atoms with Gasteiger partial charge in [0.1, 0.15) is 25.4 Å². The van der Waals surface area contributed by atoms with Gasteiger partial charge in [0.05, 0.1) is 6.54 Å². The van der Waals surface area contributed by atoms with Crippen LogP contribution in [0.1, 0.15) is 43.6 Å². The van der Waals surface area contributed by atoms with E-state index in [4.69, 9.17) is 14.2 Å². The van der Waals surface area contributed by atoms with E-state index in [1.807, 2.05) is 0 Å². The third kappa shape index (κ3) is 10.8. The summed E-state index contributed by atoms with van der Waals surface area (Å²) in [6, 6.07) is 6.54. The zero-order valence-corrected chi connectivity index (χ0v) is 18.4. The van der Waals surface area contributed by atoms with Crippen molar-refractivity contribution in [2.45, 2.75) is 39.8 Å². The molecule has 1 rings (SSSR count). The maximum atomic E-state index is 12.8. The molecule has 1 aromatic rings. The van der Waals surface area contributed by atoms with Crippen LogP contribution in [0.2, 0.25) is 0 Å². The molecule has 0 saturated carbocycles. The maximum Gasteiger partial charge on any atom is 0.407 e. The maximum absolute atomic E-state index is 12.8. The van der Waals surface area contributed by atoms with Gasteiger partial charge in [0.2, 0.25) is 0 Å². The number of nitrogens with zero attached hydrogens (tertiary/aromatic N) is 1. The van der Waals surface area contributed by atoms with Crippen molar-refractivity contribution in [2.75, 3.05) is 26.3 Å². The summed E-state index contributed by atoms with van der Waals surface area (Å²) >= 11 is 0. The van der Waals surface area contributed by atoms with Gasteiger partial charge in [-0.15, -0.1) is 0 Å². The molecule has 2 amide bonds. The Morgan fingerprint density at radius 2 is 1.74 bits per heavy atom. The molecule has 0 aliphatic heterocycles. The minimum atomic E-state index is -0.603. The van der Waals surface area contributed by atoms with Crippen molar-refractivity contribution < 1.29 is 33.4 Å². The van der Waals surface area contributed by atoms with Crippen LogP contribution in [0.5, 0.6) is 0 Å². The van der Waals surface area contributed by atoms with Crippen molar-refractivity contribution in [1.29, 1.82) is 0 Å². The Morgan fingerprint density at radius 1 is 1.10 bits per heavy atom. The van der Waals surface area contributed by atoms with Gasteiger partial charge in [0.25, 0.3) is 5.91 Å². The van der Waals surface area contributed by atoms with Crippen LogP contribution >= 0.6 is 0 Å². The number of hydrogen-bond donors (Lipinski definition) is 1. The third-order valence-corrected chi connectivity index (χ3v) is 3.67. The average Bonchev–Trinajstić information content (AvgIpc) is 2.68. The smallest absolute Gasteiger partial charge is 0.407 e. The number of carbonyl (C=O) groups is 4. The fourth-order valence-electron chi connectivity index (χ4n) is 2.34. The topological polar surface area (TPSA) is 111 Å². The number of carbonyl (C=O) groups excluding carboxylic acids is 4. The predicted octanol–water partition coefficient (Wildman–Crippen LogP) is 2.45. The first-order valence-corrected chi connectivity index (χ1v) is 9.76. The van der Waals surface area contributed by atoms with Crippen molar-refractivity contribution in [2.24, 2.45) is 0 Å². The molecule has 0 aromatic heterocycles. The van der Waals surface area contributed by atoms with Crippen molar-refractivity contribution in [3.8, 4) is 0 Å². The second-order valence-corrected chi connectivity index (χ2v) is 7.59. The lowest BCUT2D eigenvalue weighted by Gasteiger charge is -2.22. The van der Waals surface area contributed by atoms with E-state index in [1.54, 1.807) is 45.0 Å². The van der Waals surface area contributed by atoms with Crippen LogP contribution in [0, 0.1) is 0 Å². The molecular weight excluding hydrogens is 404 g/mol. The van der Waals surface area contributed by atoms with E-state index in [2.05, 4.69) is 11.9 Å². The normalized spacial score (nSPS) is 10.6. The van der Waals surface area contributed by atoms with Gasteiger partial charge >= 0.3 is 18.0 Å². The second-order valence-electron chi connectivity index (χ2n) is 7.59. The monoisotopic (exact) mass is 434 g/mol. The summed E-state index contributed by atoms with van der Waals surface area (Å²) < 4.78 is 15.0. The molecule has 170 valence electrons. The summed E-state index contributed by atoms with van der Waals surface area (Å²) in [6.07, 6.45) is 0.884. The highest BCUT2D eigenvalue weighted by molar-refractivity contribution is 5.96. The first-order valence-electron chi connectivity index (χ1n) is 9.76. The van der Waals surface area contributed by atoms with Crippen LogP contribution in [-0.4, -0.2) is 60.7 Å². The first-order chi connectivity index (χ1) is 14.5. The van der Waals surface area contributed by atoms with E-state index in [9.17, 15) is 19.2 Å². The lowest BCUT2D eigenvalue weighted by molar-refractivity contribution is -0.143. The molecule has 0 heterocycles. The van der Waals surface area contributed by atoms with E-state index < -0.39 is 29.5 Å². The summed E-state index contributed by atoms with van der Waals surface area (Å²) in [5, 5.41) is 2.64. The molecule has 0 spiro atoms. The van der Waals surface area contributed by atoms with Crippen LogP contribution in [0.4, 0.5) is 4.79 Å². The van der Waals surface area contributed by atoms with Crippen LogP contribution < -0.4 is 5.32 Å². The zero-order valence-electron chi connectivity index (χ0n) is 18.4. The molecule has 0 fully saturated rings. The minimum Gasteiger partial charge on any atom is -0.464 e. The van der Waals surface area contributed by atoms with Gasteiger partial charge in [-0.25, -0.2) is 4.79 Å². The largest absolute Gasteiger partial charge is 0.464 e. The van der Waals surface area contributed by atoms with E-state index in [-0.39, 0.29) is 32.8 Å². The Labute approximate surface area is 182 Å². The van der Waals surface area contributed by atoms with E-state index in [0.29, 0.717) is 5.56 Å². The average molecular weight is 434 g/mol. The highest BCUT2D eigenvalue weighted by Gasteiger charge is 2.20. The number of ether oxygens (including phenoxy) is 3. The Balaban J connectivity index is 2.76. The van der Waals surface area contributed by atoms with E-state index in [1.165, 1.54) is 17.9 Å². The van der Waals surface area contributed by atoms with Crippen molar-refractivity contribution in [1.82, 2.24) is 10.2 Å². The lowest BCUT2D eigenvalue weighted by atomic mass is 10.1. The zero-order chi connectivity index (χ0) is 23.4. The molecule has 9 heteroatoms. The standard InChI is InChI=1S/C22H30N2O7/c1-6-12-30-19(26)15-24(11-13-29-16(2)25)20(27)18-9-7-17(8-10-18)14-23-21(28)31-22(3,4)5/h6-10H,1,11-15H2,2-5H3,(H,23,28). The Kier molecular flexibility index (Phi) is 10.2. The van der Waals surface area contributed by atoms with Gasteiger partial charge in [0.15, 0.2) is 0 Å². The van der Waals surface area contributed by atoms with Gasteiger partial charge in [-0.2, -0.15) is 0 Å². The third-order valence-electron chi connectivity index (χ3n) is 3.67.